The number of esters is 1. The highest BCUT2D eigenvalue weighted by Crippen LogP contribution is 2.33. The van der Waals surface area contributed by atoms with Crippen molar-refractivity contribution in [2.45, 2.75) is 19.0 Å². The molecule has 0 spiro atoms. The molecule has 1 aromatic carbocycles. The summed E-state index contributed by atoms with van der Waals surface area (Å²) in [4.78, 5) is 49.7. The molecular weight excluding hydrogens is 440 g/mol. The van der Waals surface area contributed by atoms with E-state index in [2.05, 4.69) is 5.10 Å². The minimum absolute atomic E-state index is 0.404. The van der Waals surface area contributed by atoms with Crippen LogP contribution < -0.4 is 11.2 Å². The maximum Gasteiger partial charge on any atom is 0.328 e. The number of benzene rings is 1. The normalized spacial score (nSPS) is 15.5. The molecule has 11 heteroatoms. The molecule has 0 saturated heterocycles. The van der Waals surface area contributed by atoms with Crippen molar-refractivity contribution in [1.29, 1.82) is 0 Å². The summed E-state index contributed by atoms with van der Waals surface area (Å²) in [6.07, 6.45) is 3.07. The summed E-state index contributed by atoms with van der Waals surface area (Å²) in [7, 11) is 0. The van der Waals surface area contributed by atoms with E-state index in [1.165, 1.54) is 17.5 Å². The van der Waals surface area contributed by atoms with Crippen molar-refractivity contribution in [3.63, 3.8) is 0 Å². The van der Waals surface area contributed by atoms with E-state index in [0.717, 1.165) is 16.2 Å². The van der Waals surface area contributed by atoms with Crippen molar-refractivity contribution in [2.75, 3.05) is 6.61 Å². The molecule has 164 valence electrons. The van der Waals surface area contributed by atoms with Gasteiger partial charge in [-0.15, -0.1) is 0 Å². The van der Waals surface area contributed by atoms with Crippen LogP contribution in [0.15, 0.2) is 74.0 Å². The van der Waals surface area contributed by atoms with E-state index in [9.17, 15) is 19.2 Å². The maximum atomic E-state index is 12.8. The highest BCUT2D eigenvalue weighted by atomic mass is 35.5. The number of halogens is 1. The van der Waals surface area contributed by atoms with Crippen LogP contribution in [-0.2, 0) is 20.9 Å². The quantitative estimate of drug-likeness (QED) is 0.562. The number of rotatable bonds is 6. The molecule has 1 N–H and O–H groups in total. The minimum Gasteiger partial charge on any atom is -0.467 e. The van der Waals surface area contributed by atoms with Crippen molar-refractivity contribution < 1.29 is 18.7 Å². The summed E-state index contributed by atoms with van der Waals surface area (Å²) >= 11 is 5.95. The van der Waals surface area contributed by atoms with Crippen molar-refractivity contribution >= 4 is 29.2 Å². The van der Waals surface area contributed by atoms with Gasteiger partial charge < -0.3 is 9.15 Å². The maximum absolute atomic E-state index is 12.8. The van der Waals surface area contributed by atoms with Crippen molar-refractivity contribution in [3.8, 4) is 0 Å². The summed E-state index contributed by atoms with van der Waals surface area (Å²) in [6, 6.07) is 11.1. The third kappa shape index (κ3) is 4.70. The number of carbonyl (C=O) groups excluding carboxylic acids is 2. The van der Waals surface area contributed by atoms with E-state index in [0.29, 0.717) is 22.9 Å². The number of H-pyrrole nitrogens is 1. The van der Waals surface area contributed by atoms with E-state index < -0.39 is 42.3 Å². The van der Waals surface area contributed by atoms with E-state index in [-0.39, 0.29) is 0 Å². The Morgan fingerprint density at radius 1 is 1.19 bits per heavy atom. The van der Waals surface area contributed by atoms with E-state index >= 15 is 0 Å². The van der Waals surface area contributed by atoms with Gasteiger partial charge in [0.15, 0.2) is 6.61 Å². The number of amides is 1. The van der Waals surface area contributed by atoms with Crippen LogP contribution in [0.25, 0.3) is 0 Å². The fraction of sp³-hybridized carbons (Fsp3) is 0.190. The lowest BCUT2D eigenvalue weighted by Crippen LogP contribution is -2.34. The molecule has 0 unspecified atom stereocenters. The Kier molecular flexibility index (Phi) is 6.04. The summed E-state index contributed by atoms with van der Waals surface area (Å²) in [5.74, 6) is -0.835. The molecule has 10 nitrogen and oxygen atoms in total. The first-order chi connectivity index (χ1) is 15.4. The number of furan rings is 1. The zero-order chi connectivity index (χ0) is 22.7. The fourth-order valence-electron chi connectivity index (χ4n) is 3.22. The van der Waals surface area contributed by atoms with Crippen molar-refractivity contribution in [2.24, 2.45) is 5.10 Å². The lowest BCUT2D eigenvalue weighted by molar-refractivity contribution is -0.153. The number of hydrazone groups is 1. The molecule has 32 heavy (non-hydrogen) atoms. The first-order valence-electron chi connectivity index (χ1n) is 9.55. The van der Waals surface area contributed by atoms with Gasteiger partial charge in [-0.3, -0.25) is 23.9 Å². The molecule has 3 aromatic rings. The molecule has 0 aliphatic carbocycles. The van der Waals surface area contributed by atoms with Crippen LogP contribution in [0.3, 0.4) is 0 Å². The van der Waals surface area contributed by atoms with Crippen molar-refractivity contribution in [3.05, 3.63) is 92.1 Å². The predicted molar refractivity (Wildman–Crippen MR) is 113 cm³/mol. The number of ether oxygens (including phenoxy) is 1. The van der Waals surface area contributed by atoms with E-state index in [1.54, 1.807) is 36.4 Å². The second-order valence-electron chi connectivity index (χ2n) is 6.93. The fourth-order valence-corrected chi connectivity index (χ4v) is 3.35. The van der Waals surface area contributed by atoms with E-state index in [4.69, 9.17) is 20.8 Å². The molecule has 1 amide bonds. The number of carbonyl (C=O) groups is 2. The zero-order valence-corrected chi connectivity index (χ0v) is 17.3. The Bertz CT molecular complexity index is 1280. The summed E-state index contributed by atoms with van der Waals surface area (Å²) < 4.78 is 11.5. The van der Waals surface area contributed by atoms with Crippen LogP contribution in [-0.4, -0.2) is 38.8 Å². The highest BCUT2D eigenvalue weighted by molar-refractivity contribution is 6.30. The van der Waals surface area contributed by atoms with Crippen molar-refractivity contribution in [1.82, 2.24) is 14.6 Å². The third-order valence-corrected chi connectivity index (χ3v) is 5.02. The van der Waals surface area contributed by atoms with Gasteiger partial charge in [0.2, 0.25) is 0 Å². The first-order valence-corrected chi connectivity index (χ1v) is 9.93. The van der Waals surface area contributed by atoms with Gasteiger partial charge in [0.1, 0.15) is 18.3 Å². The number of hydrogen-bond acceptors (Lipinski definition) is 7. The Morgan fingerprint density at radius 3 is 2.66 bits per heavy atom. The first kappa shape index (κ1) is 21.3. The van der Waals surface area contributed by atoms with Gasteiger partial charge in [-0.25, -0.2) is 9.80 Å². The molecule has 1 aliphatic heterocycles. The SMILES string of the molecule is O=C(Cn1ccc(=O)[nH]c1=O)OCC(=O)N1N=C(c2ccc(Cl)cc2)C[C@@H]1c1ccco1. The number of hydrogen-bond donors (Lipinski definition) is 1. The average molecular weight is 457 g/mol. The molecule has 0 bridgehead atoms. The van der Waals surface area contributed by atoms with Crippen LogP contribution in [0.4, 0.5) is 0 Å². The Hall–Kier alpha value is -3.92. The van der Waals surface area contributed by atoms with Gasteiger partial charge in [-0.1, -0.05) is 23.7 Å². The van der Waals surface area contributed by atoms with E-state index in [1.807, 2.05) is 4.98 Å². The van der Waals surface area contributed by atoms with Gasteiger partial charge >= 0.3 is 11.7 Å². The Labute approximate surface area is 185 Å². The van der Waals surface area contributed by atoms with Crippen LogP contribution in [0, 0.1) is 0 Å². The van der Waals surface area contributed by atoms with Crippen LogP contribution >= 0.6 is 11.6 Å². The predicted octanol–water partition coefficient (Wildman–Crippen LogP) is 1.70. The highest BCUT2D eigenvalue weighted by Gasteiger charge is 2.35. The summed E-state index contributed by atoms with van der Waals surface area (Å²) in [5, 5.41) is 6.23. The standard InChI is InChI=1S/C21H17ClN4O6/c22-14-5-3-13(4-6-14)15-10-16(17-2-1-9-31-17)26(24-15)19(28)12-32-20(29)11-25-8-7-18(27)23-21(25)30/h1-9,16H,10-12H2,(H,23,27,30)/t16-/m1/s1. The molecule has 3 heterocycles. The number of aromatic amines is 1. The number of aromatic nitrogens is 2. The van der Waals surface area contributed by atoms with Gasteiger partial charge in [-0.2, -0.15) is 5.10 Å². The lowest BCUT2D eigenvalue weighted by atomic mass is 10.0. The Balaban J connectivity index is 1.46. The average Bonchev–Trinajstić information content (AvgIpc) is 3.44. The van der Waals surface area contributed by atoms with Gasteiger partial charge in [0.25, 0.3) is 11.5 Å². The monoisotopic (exact) mass is 456 g/mol. The smallest absolute Gasteiger partial charge is 0.328 e. The molecule has 1 aliphatic rings. The number of nitrogens with one attached hydrogen (secondary N) is 1. The van der Waals surface area contributed by atoms with Gasteiger partial charge in [0, 0.05) is 23.7 Å². The topological polar surface area (TPSA) is 127 Å². The minimum atomic E-state index is -0.817. The van der Waals surface area contributed by atoms with Crippen LogP contribution in [0.1, 0.15) is 23.8 Å². The zero-order valence-electron chi connectivity index (χ0n) is 16.6. The largest absolute Gasteiger partial charge is 0.467 e. The second kappa shape index (κ2) is 9.06. The Morgan fingerprint density at radius 2 is 1.97 bits per heavy atom. The van der Waals surface area contributed by atoms with Crippen LogP contribution in [0.2, 0.25) is 5.02 Å². The summed E-state index contributed by atoms with van der Waals surface area (Å²) in [6.45, 7) is -1.03. The second-order valence-corrected chi connectivity index (χ2v) is 7.36. The molecular formula is C21H17ClN4O6. The lowest BCUT2D eigenvalue weighted by Gasteiger charge is -2.19. The molecule has 0 radical (unpaired) electrons. The number of nitrogens with zero attached hydrogens (tertiary/aromatic N) is 3. The third-order valence-electron chi connectivity index (χ3n) is 4.77. The molecule has 0 saturated carbocycles. The molecule has 1 atom stereocenters. The summed E-state index contributed by atoms with van der Waals surface area (Å²) in [5.41, 5.74) is 0.121. The van der Waals surface area contributed by atoms with Gasteiger partial charge in [-0.05, 0) is 29.8 Å². The molecule has 4 rings (SSSR count). The molecule has 0 fully saturated rings. The van der Waals surface area contributed by atoms with Crippen LogP contribution in [0.5, 0.6) is 0 Å². The molecule has 2 aromatic heterocycles. The van der Waals surface area contributed by atoms with Gasteiger partial charge in [0.05, 0.1) is 12.0 Å².